The van der Waals surface area contributed by atoms with Crippen molar-refractivity contribution >= 4 is 11.9 Å². The van der Waals surface area contributed by atoms with E-state index in [4.69, 9.17) is 4.74 Å². The molecule has 0 saturated carbocycles. The van der Waals surface area contributed by atoms with Crippen LogP contribution in [-0.2, 0) is 27.2 Å². The van der Waals surface area contributed by atoms with Crippen molar-refractivity contribution in [1.82, 2.24) is 5.32 Å². The number of aryl methyl sites for hydroxylation is 1. The summed E-state index contributed by atoms with van der Waals surface area (Å²) in [5.74, 6) is -0.604. The average Bonchev–Trinajstić information content (AvgIpc) is 2.35. The Bertz CT molecular complexity index is 458. The molecule has 0 fully saturated rings. The summed E-state index contributed by atoms with van der Waals surface area (Å²) in [6.07, 6.45) is 1.25. The largest absolute Gasteiger partial charge is 0.459 e. The third-order valence-electron chi connectivity index (χ3n) is 2.65. The summed E-state index contributed by atoms with van der Waals surface area (Å²) >= 11 is 0. The van der Waals surface area contributed by atoms with Crippen LogP contribution in [0.5, 0.6) is 0 Å². The third-order valence-corrected chi connectivity index (χ3v) is 2.65. The van der Waals surface area contributed by atoms with Crippen molar-refractivity contribution < 1.29 is 14.3 Å². The molecule has 1 N–H and O–H groups in total. The Morgan fingerprint density at radius 3 is 2.15 bits per heavy atom. The summed E-state index contributed by atoms with van der Waals surface area (Å²) in [7, 11) is 0. The zero-order valence-corrected chi connectivity index (χ0v) is 12.7. The number of carbonyl (C=O) groups excluding carboxylic acids is 2. The van der Waals surface area contributed by atoms with Crippen molar-refractivity contribution in [2.24, 2.45) is 0 Å². The van der Waals surface area contributed by atoms with Crippen LogP contribution in [0.4, 0.5) is 0 Å². The number of ether oxygens (including phenoxy) is 1. The van der Waals surface area contributed by atoms with E-state index in [0.29, 0.717) is 0 Å². The van der Waals surface area contributed by atoms with Crippen LogP contribution >= 0.6 is 0 Å². The zero-order valence-electron chi connectivity index (χ0n) is 12.7. The van der Waals surface area contributed by atoms with E-state index in [2.05, 4.69) is 12.2 Å². The van der Waals surface area contributed by atoms with E-state index >= 15 is 0 Å². The second kappa shape index (κ2) is 7.08. The molecule has 4 heteroatoms. The molecule has 0 aliphatic heterocycles. The Labute approximate surface area is 120 Å². The molecule has 0 unspecified atom stereocenters. The number of carbonyl (C=O) groups is 2. The standard InChI is InChI=1S/C16H23NO3/c1-5-12-6-8-13(9-7-12)10-14(18)17-11-15(19)20-16(2,3)4/h6-9H,5,10-11H2,1-4H3,(H,17,18). The summed E-state index contributed by atoms with van der Waals surface area (Å²) < 4.78 is 5.11. The summed E-state index contributed by atoms with van der Waals surface area (Å²) in [5, 5.41) is 2.57. The summed E-state index contributed by atoms with van der Waals surface area (Å²) in [4.78, 5) is 23.2. The van der Waals surface area contributed by atoms with E-state index in [1.807, 2.05) is 24.3 Å². The fourth-order valence-corrected chi connectivity index (χ4v) is 1.69. The van der Waals surface area contributed by atoms with Gasteiger partial charge in [0.15, 0.2) is 0 Å². The van der Waals surface area contributed by atoms with Gasteiger partial charge in [-0.25, -0.2) is 0 Å². The molecule has 0 saturated heterocycles. The zero-order chi connectivity index (χ0) is 15.2. The molecular weight excluding hydrogens is 254 g/mol. The van der Waals surface area contributed by atoms with Crippen LogP contribution in [0.15, 0.2) is 24.3 Å². The van der Waals surface area contributed by atoms with Crippen LogP contribution in [0.2, 0.25) is 0 Å². The third kappa shape index (κ3) is 6.36. The first-order valence-corrected chi connectivity index (χ1v) is 6.86. The molecule has 0 aliphatic rings. The monoisotopic (exact) mass is 277 g/mol. The summed E-state index contributed by atoms with van der Waals surface area (Å²) in [6.45, 7) is 7.37. The summed E-state index contributed by atoms with van der Waals surface area (Å²) in [6, 6.07) is 7.89. The van der Waals surface area contributed by atoms with Crippen molar-refractivity contribution in [2.75, 3.05) is 6.54 Å². The van der Waals surface area contributed by atoms with Gasteiger partial charge in [-0.3, -0.25) is 9.59 Å². The first-order chi connectivity index (χ1) is 9.30. The molecule has 1 amide bonds. The quantitative estimate of drug-likeness (QED) is 0.840. The highest BCUT2D eigenvalue weighted by Crippen LogP contribution is 2.07. The lowest BCUT2D eigenvalue weighted by Gasteiger charge is -2.19. The molecule has 0 heterocycles. The molecule has 0 radical (unpaired) electrons. The van der Waals surface area contributed by atoms with E-state index < -0.39 is 11.6 Å². The van der Waals surface area contributed by atoms with Crippen LogP contribution in [0.3, 0.4) is 0 Å². The van der Waals surface area contributed by atoms with Crippen molar-refractivity contribution in [2.45, 2.75) is 46.1 Å². The molecule has 110 valence electrons. The van der Waals surface area contributed by atoms with Crippen LogP contribution < -0.4 is 5.32 Å². The highest BCUT2D eigenvalue weighted by molar-refractivity contribution is 5.83. The van der Waals surface area contributed by atoms with Crippen molar-refractivity contribution in [1.29, 1.82) is 0 Å². The number of hydrogen-bond donors (Lipinski definition) is 1. The van der Waals surface area contributed by atoms with Crippen molar-refractivity contribution in [3.05, 3.63) is 35.4 Å². The predicted molar refractivity (Wildman–Crippen MR) is 78.4 cm³/mol. The Balaban J connectivity index is 2.38. The van der Waals surface area contributed by atoms with E-state index in [-0.39, 0.29) is 18.9 Å². The Morgan fingerprint density at radius 2 is 1.65 bits per heavy atom. The minimum atomic E-state index is -0.530. The molecule has 0 aromatic heterocycles. The van der Waals surface area contributed by atoms with Gasteiger partial charge >= 0.3 is 5.97 Å². The topological polar surface area (TPSA) is 55.4 Å². The predicted octanol–water partition coefficient (Wildman–Crippen LogP) is 2.25. The first kappa shape index (κ1) is 16.2. The fourth-order valence-electron chi connectivity index (χ4n) is 1.69. The van der Waals surface area contributed by atoms with Gasteiger partial charge in [0.1, 0.15) is 12.1 Å². The van der Waals surface area contributed by atoms with Gasteiger partial charge in [-0.05, 0) is 38.3 Å². The minimum absolute atomic E-state index is 0.0941. The second-order valence-corrected chi connectivity index (χ2v) is 5.71. The Kier molecular flexibility index (Phi) is 5.74. The lowest BCUT2D eigenvalue weighted by atomic mass is 10.1. The second-order valence-electron chi connectivity index (χ2n) is 5.71. The van der Waals surface area contributed by atoms with Gasteiger partial charge in [-0.2, -0.15) is 0 Å². The summed E-state index contributed by atoms with van der Waals surface area (Å²) in [5.41, 5.74) is 1.64. The molecule has 0 bridgehead atoms. The molecule has 0 spiro atoms. The molecule has 1 aromatic rings. The Hall–Kier alpha value is -1.84. The molecular formula is C16H23NO3. The van der Waals surface area contributed by atoms with E-state index in [0.717, 1.165) is 12.0 Å². The van der Waals surface area contributed by atoms with E-state index in [1.165, 1.54) is 5.56 Å². The fraction of sp³-hybridized carbons (Fsp3) is 0.500. The Morgan fingerprint density at radius 1 is 1.10 bits per heavy atom. The minimum Gasteiger partial charge on any atom is -0.459 e. The van der Waals surface area contributed by atoms with Crippen LogP contribution in [0.1, 0.15) is 38.8 Å². The van der Waals surface area contributed by atoms with E-state index in [9.17, 15) is 9.59 Å². The maximum atomic E-state index is 11.7. The molecule has 20 heavy (non-hydrogen) atoms. The normalized spacial score (nSPS) is 11.0. The highest BCUT2D eigenvalue weighted by atomic mass is 16.6. The van der Waals surface area contributed by atoms with Gasteiger partial charge < -0.3 is 10.1 Å². The number of nitrogens with one attached hydrogen (secondary N) is 1. The van der Waals surface area contributed by atoms with Crippen molar-refractivity contribution in [3.8, 4) is 0 Å². The molecule has 4 nitrogen and oxygen atoms in total. The molecule has 1 rings (SSSR count). The number of benzene rings is 1. The van der Waals surface area contributed by atoms with Gasteiger partial charge in [0.2, 0.25) is 5.91 Å². The van der Waals surface area contributed by atoms with Gasteiger partial charge in [0.25, 0.3) is 0 Å². The van der Waals surface area contributed by atoms with Gasteiger partial charge in [-0.1, -0.05) is 31.2 Å². The number of rotatable bonds is 5. The van der Waals surface area contributed by atoms with Gasteiger partial charge in [-0.15, -0.1) is 0 Å². The number of hydrogen-bond acceptors (Lipinski definition) is 3. The van der Waals surface area contributed by atoms with Gasteiger partial charge in [0, 0.05) is 0 Å². The van der Waals surface area contributed by atoms with Crippen LogP contribution in [-0.4, -0.2) is 24.0 Å². The lowest BCUT2D eigenvalue weighted by molar-refractivity contribution is -0.154. The smallest absolute Gasteiger partial charge is 0.325 e. The number of amides is 1. The van der Waals surface area contributed by atoms with Crippen molar-refractivity contribution in [3.63, 3.8) is 0 Å². The van der Waals surface area contributed by atoms with Gasteiger partial charge in [0.05, 0.1) is 6.42 Å². The average molecular weight is 277 g/mol. The van der Waals surface area contributed by atoms with Crippen LogP contribution in [0, 0.1) is 0 Å². The lowest BCUT2D eigenvalue weighted by Crippen LogP contribution is -2.35. The molecule has 0 atom stereocenters. The highest BCUT2D eigenvalue weighted by Gasteiger charge is 2.16. The van der Waals surface area contributed by atoms with E-state index in [1.54, 1.807) is 20.8 Å². The maximum absolute atomic E-state index is 11.7. The molecule has 1 aromatic carbocycles. The SMILES string of the molecule is CCc1ccc(CC(=O)NCC(=O)OC(C)(C)C)cc1. The molecule has 0 aliphatic carbocycles. The first-order valence-electron chi connectivity index (χ1n) is 6.86. The van der Waals surface area contributed by atoms with Crippen LogP contribution in [0.25, 0.3) is 0 Å². The maximum Gasteiger partial charge on any atom is 0.325 e. The number of esters is 1.